The molecule has 13 atom stereocenters. The zero-order valence-corrected chi connectivity index (χ0v) is 19.8. The van der Waals surface area contributed by atoms with E-state index in [0.717, 1.165) is 51.4 Å². The van der Waals surface area contributed by atoms with Crippen molar-refractivity contribution >= 4 is 5.97 Å². The Hall–Kier alpha value is -1.21. The van der Waals surface area contributed by atoms with Crippen LogP contribution in [0.5, 0.6) is 0 Å². The van der Waals surface area contributed by atoms with Crippen LogP contribution in [0.1, 0.15) is 64.7 Å². The summed E-state index contributed by atoms with van der Waals surface area (Å²) < 4.78 is 11.3. The Bertz CT molecular complexity index is 841. The van der Waals surface area contributed by atoms with E-state index in [4.69, 9.17) is 15.9 Å². The van der Waals surface area contributed by atoms with Crippen molar-refractivity contribution in [2.75, 3.05) is 0 Å². The maximum Gasteiger partial charge on any atom is 0.335 e. The summed E-state index contributed by atoms with van der Waals surface area (Å²) in [5.41, 5.74) is -1.19. The number of terminal acetylenes is 1. The number of rotatable bonds is 3. The molecule has 0 aromatic rings. The predicted octanol–water partition coefficient (Wildman–Crippen LogP) is 1.28. The number of fused-ring (bicyclic) bond motifs is 5. The highest BCUT2D eigenvalue weighted by molar-refractivity contribution is 5.73. The molecule has 5 N–H and O–H groups in total. The third kappa shape index (κ3) is 3.63. The summed E-state index contributed by atoms with van der Waals surface area (Å²) in [6.07, 6.45) is 6.33. The molecule has 4 saturated carbocycles. The number of hydrogen-bond donors (Lipinski definition) is 5. The Morgan fingerprint density at radius 3 is 2.41 bits per heavy atom. The van der Waals surface area contributed by atoms with Crippen molar-refractivity contribution in [3.63, 3.8) is 0 Å². The third-order valence-corrected chi connectivity index (χ3v) is 10.4. The van der Waals surface area contributed by atoms with Crippen LogP contribution < -0.4 is 0 Å². The molecule has 4 aliphatic carbocycles. The van der Waals surface area contributed by atoms with Crippen LogP contribution in [-0.2, 0) is 14.3 Å². The van der Waals surface area contributed by atoms with E-state index >= 15 is 0 Å². The monoisotopic (exact) mass is 478 g/mol. The van der Waals surface area contributed by atoms with E-state index < -0.39 is 42.3 Å². The molecule has 1 heterocycles. The van der Waals surface area contributed by atoms with Gasteiger partial charge in [-0.2, -0.15) is 0 Å². The third-order valence-electron chi connectivity index (χ3n) is 10.4. The van der Waals surface area contributed by atoms with Crippen molar-refractivity contribution in [2.45, 2.75) is 107 Å². The summed E-state index contributed by atoms with van der Waals surface area (Å²) in [5, 5.41) is 50.7. The number of aliphatic carboxylic acids is 1. The lowest BCUT2D eigenvalue weighted by molar-refractivity contribution is -0.308. The molecule has 0 bridgehead atoms. The lowest BCUT2D eigenvalue weighted by Crippen LogP contribution is -2.61. The van der Waals surface area contributed by atoms with E-state index in [1.807, 2.05) is 0 Å². The highest BCUT2D eigenvalue weighted by Gasteiger charge is 2.62. The number of aliphatic hydroxyl groups excluding tert-OH is 3. The molecular weight excluding hydrogens is 440 g/mol. The molecule has 8 nitrogen and oxygen atoms in total. The van der Waals surface area contributed by atoms with Crippen LogP contribution in [0.3, 0.4) is 0 Å². The van der Waals surface area contributed by atoms with Crippen LogP contribution in [-0.4, -0.2) is 73.9 Å². The summed E-state index contributed by atoms with van der Waals surface area (Å²) in [7, 11) is 0. The normalized spacial score (nSPS) is 54.9. The second-order valence-electron chi connectivity index (χ2n) is 11.7. The average molecular weight is 479 g/mol. The summed E-state index contributed by atoms with van der Waals surface area (Å²) >= 11 is 0. The Morgan fingerprint density at radius 1 is 0.971 bits per heavy atom. The number of aliphatic hydroxyl groups is 4. The van der Waals surface area contributed by atoms with Crippen molar-refractivity contribution in [2.24, 2.45) is 35.0 Å². The van der Waals surface area contributed by atoms with E-state index in [1.54, 1.807) is 0 Å². The van der Waals surface area contributed by atoms with Crippen molar-refractivity contribution in [3.8, 4) is 12.3 Å². The van der Waals surface area contributed by atoms with Gasteiger partial charge in [-0.1, -0.05) is 12.8 Å². The lowest BCUT2D eigenvalue weighted by atomic mass is 9.49. The number of carbonyl (C=O) groups is 1. The fourth-order valence-electron chi connectivity index (χ4n) is 8.54. The van der Waals surface area contributed by atoms with Crippen LogP contribution >= 0.6 is 0 Å². The molecule has 5 aliphatic rings. The lowest BCUT2D eigenvalue weighted by Gasteiger charge is -2.57. The zero-order valence-electron chi connectivity index (χ0n) is 19.8. The first-order valence-corrected chi connectivity index (χ1v) is 12.9. The van der Waals surface area contributed by atoms with Crippen LogP contribution in [0.4, 0.5) is 0 Å². The Balaban J connectivity index is 1.23. The van der Waals surface area contributed by atoms with Gasteiger partial charge in [-0.05, 0) is 87.4 Å². The Labute approximate surface area is 200 Å². The van der Waals surface area contributed by atoms with Gasteiger partial charge in [0.1, 0.15) is 23.9 Å². The topological polar surface area (TPSA) is 137 Å². The molecule has 5 rings (SSSR count). The van der Waals surface area contributed by atoms with Gasteiger partial charge < -0.3 is 35.0 Å². The summed E-state index contributed by atoms with van der Waals surface area (Å²) in [6.45, 7) is 2.20. The summed E-state index contributed by atoms with van der Waals surface area (Å²) in [5.74, 6) is 4.11. The minimum absolute atomic E-state index is 0.193. The molecule has 1 aliphatic heterocycles. The first kappa shape index (κ1) is 24.5. The highest BCUT2D eigenvalue weighted by Crippen LogP contribution is 2.65. The second kappa shape index (κ2) is 8.72. The first-order chi connectivity index (χ1) is 16.1. The Kier molecular flexibility index (Phi) is 6.28. The molecular formula is C26H38O8. The molecule has 0 amide bonds. The van der Waals surface area contributed by atoms with Gasteiger partial charge >= 0.3 is 5.97 Å². The standard InChI is InChI=1S/C26H38O8/c1-3-26(32)11-9-18-17-6-4-13-12-14(5-7-15(13)16(17)8-10-25(18,26)2)33-24-21(29)19(27)20(28)22(34-24)23(30)31/h1,13-22,24,27-29,32H,4-12H2,2H3,(H,30,31)/t13-,14+,15-,16+,17+,18-,19-,20-,21+,22-,24+,25-,26-/m0/s1. The summed E-state index contributed by atoms with van der Waals surface area (Å²) in [4.78, 5) is 11.4. The van der Waals surface area contributed by atoms with Crippen molar-refractivity contribution in [1.29, 1.82) is 0 Å². The quantitative estimate of drug-likeness (QED) is 0.302. The molecule has 34 heavy (non-hydrogen) atoms. The molecule has 5 fully saturated rings. The zero-order chi connectivity index (χ0) is 24.4. The molecule has 0 spiro atoms. The number of ether oxygens (including phenoxy) is 2. The first-order valence-electron chi connectivity index (χ1n) is 12.9. The summed E-state index contributed by atoms with van der Waals surface area (Å²) in [6, 6.07) is 0. The fraction of sp³-hybridized carbons (Fsp3) is 0.885. The second-order valence-corrected chi connectivity index (χ2v) is 11.7. The van der Waals surface area contributed by atoms with E-state index in [9.17, 15) is 30.3 Å². The van der Waals surface area contributed by atoms with Gasteiger partial charge in [0.25, 0.3) is 0 Å². The fourth-order valence-corrected chi connectivity index (χ4v) is 8.54. The molecule has 0 aromatic carbocycles. The van der Waals surface area contributed by atoms with Crippen LogP contribution in [0, 0.1) is 47.3 Å². The maximum atomic E-state index is 11.4. The van der Waals surface area contributed by atoms with E-state index in [1.165, 1.54) is 0 Å². The van der Waals surface area contributed by atoms with Gasteiger partial charge in [-0.25, -0.2) is 4.79 Å². The molecule has 1 saturated heterocycles. The largest absolute Gasteiger partial charge is 0.479 e. The van der Waals surface area contributed by atoms with Gasteiger partial charge in [-0.3, -0.25) is 0 Å². The SMILES string of the molecule is C#C[C@]1(O)CC[C@H]2[C@@H]3CC[C@H]4C[C@H](O[C@@H]5O[C@H](C(=O)O)[C@@H](O)[C@H](O)[C@H]5O)CC[C@@H]4[C@H]3CC[C@@]21C. The minimum atomic E-state index is -1.71. The van der Waals surface area contributed by atoms with E-state index in [-0.39, 0.29) is 11.5 Å². The van der Waals surface area contributed by atoms with Crippen LogP contribution in [0.15, 0.2) is 0 Å². The number of hydrogen-bond acceptors (Lipinski definition) is 7. The predicted molar refractivity (Wildman–Crippen MR) is 120 cm³/mol. The van der Waals surface area contributed by atoms with Crippen LogP contribution in [0.2, 0.25) is 0 Å². The molecule has 0 unspecified atom stereocenters. The maximum absolute atomic E-state index is 11.4. The van der Waals surface area contributed by atoms with Gasteiger partial charge in [0.2, 0.25) is 0 Å². The van der Waals surface area contributed by atoms with Crippen molar-refractivity contribution in [3.05, 3.63) is 0 Å². The average Bonchev–Trinajstić information content (AvgIpc) is 3.10. The molecule has 190 valence electrons. The van der Waals surface area contributed by atoms with Gasteiger partial charge in [0.05, 0.1) is 6.10 Å². The van der Waals surface area contributed by atoms with Crippen LogP contribution in [0.25, 0.3) is 0 Å². The van der Waals surface area contributed by atoms with Gasteiger partial charge in [-0.15, -0.1) is 6.42 Å². The van der Waals surface area contributed by atoms with E-state index in [0.29, 0.717) is 36.0 Å². The minimum Gasteiger partial charge on any atom is -0.479 e. The molecule has 0 radical (unpaired) electrons. The van der Waals surface area contributed by atoms with E-state index in [2.05, 4.69) is 12.8 Å². The molecule has 8 heteroatoms. The Morgan fingerprint density at radius 2 is 1.71 bits per heavy atom. The van der Waals surface area contributed by atoms with Crippen molar-refractivity contribution in [1.82, 2.24) is 0 Å². The number of carboxylic acids is 1. The smallest absolute Gasteiger partial charge is 0.335 e. The van der Waals surface area contributed by atoms with Gasteiger partial charge in [0, 0.05) is 5.41 Å². The van der Waals surface area contributed by atoms with Gasteiger partial charge in [0.15, 0.2) is 12.4 Å². The number of carboxylic acid groups (broad SMARTS) is 1. The highest BCUT2D eigenvalue weighted by atomic mass is 16.7. The van der Waals surface area contributed by atoms with Crippen molar-refractivity contribution < 1.29 is 39.8 Å². The molecule has 0 aromatic heterocycles.